The molecule has 2 N–H and O–H groups in total. The Labute approximate surface area is 129 Å². The molecule has 0 unspecified atom stereocenters. The van der Waals surface area contributed by atoms with Gasteiger partial charge < -0.3 is 9.67 Å². The second kappa shape index (κ2) is 5.79. The van der Waals surface area contributed by atoms with Crippen molar-refractivity contribution in [3.05, 3.63) is 58.2 Å². The smallest absolute Gasteiger partial charge is 0.341 e. The molecule has 9 heteroatoms. The van der Waals surface area contributed by atoms with Crippen molar-refractivity contribution in [1.82, 2.24) is 29.7 Å². The number of aryl methyl sites for hydroxylation is 1. The molecular formula is C14H12N6O3. The van der Waals surface area contributed by atoms with Gasteiger partial charge in [0.2, 0.25) is 5.82 Å². The Bertz CT molecular complexity index is 916. The predicted octanol–water partition coefficient (Wildman–Crippen LogP) is 0.478. The SMILES string of the molecule is Cc1ccn(Cc2nc(-c3cnccn3)n[nH]2)c(=O)c1C(=O)O. The van der Waals surface area contributed by atoms with E-state index in [0.29, 0.717) is 22.9 Å². The normalized spacial score (nSPS) is 10.7. The zero-order valence-electron chi connectivity index (χ0n) is 12.1. The van der Waals surface area contributed by atoms with Gasteiger partial charge in [0.05, 0.1) is 12.7 Å². The highest BCUT2D eigenvalue weighted by atomic mass is 16.4. The average Bonchev–Trinajstić information content (AvgIpc) is 2.99. The van der Waals surface area contributed by atoms with E-state index in [9.17, 15) is 9.59 Å². The zero-order valence-corrected chi connectivity index (χ0v) is 12.1. The summed E-state index contributed by atoms with van der Waals surface area (Å²) in [5, 5.41) is 15.8. The first-order valence-electron chi connectivity index (χ1n) is 6.67. The van der Waals surface area contributed by atoms with Crippen LogP contribution in [-0.4, -0.2) is 40.8 Å². The molecule has 0 bridgehead atoms. The number of H-pyrrole nitrogens is 1. The molecule has 9 nitrogen and oxygen atoms in total. The van der Waals surface area contributed by atoms with Crippen LogP contribution in [0.15, 0.2) is 35.6 Å². The average molecular weight is 312 g/mol. The minimum Gasteiger partial charge on any atom is -0.477 e. The van der Waals surface area contributed by atoms with Crippen LogP contribution in [0.5, 0.6) is 0 Å². The van der Waals surface area contributed by atoms with Crippen molar-refractivity contribution in [3.63, 3.8) is 0 Å². The molecule has 0 radical (unpaired) electrons. The second-order valence-corrected chi connectivity index (χ2v) is 4.81. The van der Waals surface area contributed by atoms with E-state index in [1.165, 1.54) is 29.4 Å². The van der Waals surface area contributed by atoms with Crippen LogP contribution in [0, 0.1) is 6.92 Å². The fourth-order valence-corrected chi connectivity index (χ4v) is 2.11. The number of aromatic amines is 1. The van der Waals surface area contributed by atoms with E-state index in [2.05, 4.69) is 25.1 Å². The molecule has 0 aliphatic rings. The molecule has 0 aliphatic carbocycles. The van der Waals surface area contributed by atoms with E-state index < -0.39 is 11.5 Å². The summed E-state index contributed by atoms with van der Waals surface area (Å²) < 4.78 is 1.26. The first-order chi connectivity index (χ1) is 11.1. The summed E-state index contributed by atoms with van der Waals surface area (Å²) in [4.78, 5) is 35.6. The number of rotatable bonds is 4. The highest BCUT2D eigenvalue weighted by Gasteiger charge is 2.15. The Morgan fingerprint density at radius 1 is 1.39 bits per heavy atom. The van der Waals surface area contributed by atoms with E-state index in [0.717, 1.165) is 0 Å². The lowest BCUT2D eigenvalue weighted by atomic mass is 10.1. The summed E-state index contributed by atoms with van der Waals surface area (Å²) >= 11 is 0. The minimum absolute atomic E-state index is 0.0760. The largest absolute Gasteiger partial charge is 0.477 e. The molecule has 0 saturated heterocycles. The molecule has 116 valence electrons. The summed E-state index contributed by atoms with van der Waals surface area (Å²) in [5.41, 5.74) is 0.0742. The molecule has 3 rings (SSSR count). The van der Waals surface area contributed by atoms with Gasteiger partial charge in [-0.25, -0.2) is 14.8 Å². The second-order valence-electron chi connectivity index (χ2n) is 4.81. The van der Waals surface area contributed by atoms with Crippen molar-refractivity contribution in [2.45, 2.75) is 13.5 Å². The molecule has 0 amide bonds. The maximum absolute atomic E-state index is 12.2. The van der Waals surface area contributed by atoms with E-state index >= 15 is 0 Å². The summed E-state index contributed by atoms with van der Waals surface area (Å²) in [6.45, 7) is 1.66. The van der Waals surface area contributed by atoms with Gasteiger partial charge in [0.15, 0.2) is 0 Å². The van der Waals surface area contributed by atoms with Crippen LogP contribution in [0.3, 0.4) is 0 Å². The van der Waals surface area contributed by atoms with E-state index in [-0.39, 0.29) is 12.1 Å². The molecule has 0 spiro atoms. The molecule has 3 heterocycles. The Kier molecular flexibility index (Phi) is 3.67. The molecule has 0 fully saturated rings. The van der Waals surface area contributed by atoms with E-state index in [1.807, 2.05) is 0 Å². The molecule has 0 saturated carbocycles. The Morgan fingerprint density at radius 2 is 2.22 bits per heavy atom. The third-order valence-corrected chi connectivity index (χ3v) is 3.23. The van der Waals surface area contributed by atoms with Gasteiger partial charge in [0.25, 0.3) is 5.56 Å². The Morgan fingerprint density at radius 3 is 2.91 bits per heavy atom. The molecule has 0 aromatic carbocycles. The number of hydrogen-bond acceptors (Lipinski definition) is 6. The molecule has 0 aliphatic heterocycles. The van der Waals surface area contributed by atoms with Gasteiger partial charge in [-0.05, 0) is 18.6 Å². The number of carbonyl (C=O) groups is 1. The van der Waals surface area contributed by atoms with Crippen molar-refractivity contribution in [3.8, 4) is 11.5 Å². The third-order valence-electron chi connectivity index (χ3n) is 3.23. The van der Waals surface area contributed by atoms with E-state index in [4.69, 9.17) is 5.11 Å². The van der Waals surface area contributed by atoms with Gasteiger partial charge in [-0.15, -0.1) is 0 Å². The number of aromatic nitrogens is 6. The zero-order chi connectivity index (χ0) is 16.4. The van der Waals surface area contributed by atoms with Crippen molar-refractivity contribution >= 4 is 5.97 Å². The maximum Gasteiger partial charge on any atom is 0.341 e. The summed E-state index contributed by atoms with van der Waals surface area (Å²) in [5.74, 6) is -0.487. The number of aromatic carboxylic acids is 1. The van der Waals surface area contributed by atoms with Crippen LogP contribution in [0.4, 0.5) is 0 Å². The summed E-state index contributed by atoms with van der Waals surface area (Å²) in [7, 11) is 0. The van der Waals surface area contributed by atoms with Crippen molar-refractivity contribution in [1.29, 1.82) is 0 Å². The predicted molar refractivity (Wildman–Crippen MR) is 78.9 cm³/mol. The lowest BCUT2D eigenvalue weighted by Crippen LogP contribution is -2.27. The number of carboxylic acid groups (broad SMARTS) is 1. The lowest BCUT2D eigenvalue weighted by molar-refractivity contribution is 0.0693. The number of nitrogens with one attached hydrogen (secondary N) is 1. The first kappa shape index (κ1) is 14.6. The van der Waals surface area contributed by atoms with Gasteiger partial charge in [-0.3, -0.25) is 14.9 Å². The number of carboxylic acids is 1. The van der Waals surface area contributed by atoms with Gasteiger partial charge in [-0.2, -0.15) is 5.10 Å². The molecule has 0 atom stereocenters. The van der Waals surface area contributed by atoms with E-state index in [1.54, 1.807) is 13.0 Å². The van der Waals surface area contributed by atoms with Crippen LogP contribution >= 0.6 is 0 Å². The molecular weight excluding hydrogens is 300 g/mol. The highest BCUT2D eigenvalue weighted by Crippen LogP contribution is 2.09. The van der Waals surface area contributed by atoms with Crippen LogP contribution in [0.2, 0.25) is 0 Å². The third kappa shape index (κ3) is 2.84. The first-order valence-corrected chi connectivity index (χ1v) is 6.67. The fraction of sp³-hybridized carbons (Fsp3) is 0.143. The lowest BCUT2D eigenvalue weighted by Gasteiger charge is -2.06. The maximum atomic E-state index is 12.2. The van der Waals surface area contributed by atoms with Crippen LogP contribution in [-0.2, 0) is 6.54 Å². The van der Waals surface area contributed by atoms with Crippen molar-refractivity contribution < 1.29 is 9.90 Å². The summed E-state index contributed by atoms with van der Waals surface area (Å²) in [6, 6.07) is 1.57. The van der Waals surface area contributed by atoms with Gasteiger partial charge >= 0.3 is 5.97 Å². The van der Waals surface area contributed by atoms with Crippen LogP contribution < -0.4 is 5.56 Å². The topological polar surface area (TPSA) is 127 Å². The molecule has 23 heavy (non-hydrogen) atoms. The highest BCUT2D eigenvalue weighted by molar-refractivity contribution is 5.88. The minimum atomic E-state index is -1.25. The number of nitrogens with zero attached hydrogens (tertiary/aromatic N) is 5. The number of hydrogen-bond donors (Lipinski definition) is 2. The standard InChI is InChI=1S/C14H12N6O3/c1-8-2-5-20(13(21)11(8)14(22)23)7-10-17-12(19-18-10)9-6-15-3-4-16-9/h2-6H,7H2,1H3,(H,22,23)(H,17,18,19). The fourth-order valence-electron chi connectivity index (χ4n) is 2.11. The molecule has 3 aromatic heterocycles. The van der Waals surface area contributed by atoms with Crippen molar-refractivity contribution in [2.24, 2.45) is 0 Å². The Balaban J connectivity index is 1.92. The van der Waals surface area contributed by atoms with Crippen molar-refractivity contribution in [2.75, 3.05) is 0 Å². The van der Waals surface area contributed by atoms with Crippen LogP contribution in [0.25, 0.3) is 11.5 Å². The quantitative estimate of drug-likeness (QED) is 0.717. The monoisotopic (exact) mass is 312 g/mol. The Hall–Kier alpha value is -3.36. The number of pyridine rings is 1. The summed E-state index contributed by atoms with van der Waals surface area (Å²) in [6.07, 6.45) is 6.10. The van der Waals surface area contributed by atoms with Crippen LogP contribution in [0.1, 0.15) is 21.7 Å². The van der Waals surface area contributed by atoms with Gasteiger partial charge in [0, 0.05) is 18.6 Å². The van der Waals surface area contributed by atoms with Gasteiger partial charge in [0.1, 0.15) is 17.1 Å². The molecule has 3 aromatic rings. The van der Waals surface area contributed by atoms with Gasteiger partial charge in [-0.1, -0.05) is 0 Å².